The van der Waals surface area contributed by atoms with E-state index in [1.54, 1.807) is 12.1 Å². The van der Waals surface area contributed by atoms with Crippen LogP contribution >= 0.6 is 0 Å². The molecule has 2 aromatic heterocycles. The average Bonchev–Trinajstić information content (AvgIpc) is 2.90. The van der Waals surface area contributed by atoms with Crippen LogP contribution in [0, 0.1) is 13.8 Å². The second-order valence-electron chi connectivity index (χ2n) is 8.98. The zero-order valence-corrected chi connectivity index (χ0v) is 21.9. The Hall–Kier alpha value is -3.97. The molecule has 0 aliphatic heterocycles. The molecule has 0 spiro atoms. The van der Waals surface area contributed by atoms with E-state index < -0.39 is 15.2 Å². The van der Waals surface area contributed by atoms with Crippen LogP contribution in [0.4, 0.5) is 0 Å². The smallest absolute Gasteiger partial charge is 0.330 e. The first-order valence-electron chi connectivity index (χ1n) is 12.1. The molecule has 0 saturated carbocycles. The first-order chi connectivity index (χ1) is 17.6. The fourth-order valence-corrected chi connectivity index (χ4v) is 6.24. The van der Waals surface area contributed by atoms with Crippen molar-refractivity contribution in [2.75, 3.05) is 0 Å². The van der Waals surface area contributed by atoms with Gasteiger partial charge in [-0.05, 0) is 60.0 Å². The van der Waals surface area contributed by atoms with Crippen molar-refractivity contribution in [2.24, 2.45) is 0 Å². The zero-order chi connectivity index (χ0) is 24.9. The number of pyridine rings is 2. The van der Waals surface area contributed by atoms with Gasteiger partial charge in [0.15, 0.2) is 0 Å². The molecule has 0 fully saturated rings. The second kappa shape index (κ2) is 10.7. The number of hydrogen-bond donors (Lipinski definition) is 1. The SMILES string of the molecule is Cc1ccc2ccc[c]([AlH][c]3cccc4ccc(C)nc34)c2n1.Oc1cccc(-c2ccccc2)c1. The molecule has 0 saturated heterocycles. The Morgan fingerprint density at radius 3 is 1.61 bits per heavy atom. The minimum absolute atomic E-state index is 0.307. The predicted molar refractivity (Wildman–Crippen MR) is 153 cm³/mol. The van der Waals surface area contributed by atoms with E-state index in [0.717, 1.165) is 33.5 Å². The molecule has 4 aromatic carbocycles. The molecule has 0 amide bonds. The van der Waals surface area contributed by atoms with Gasteiger partial charge in [0.2, 0.25) is 0 Å². The summed E-state index contributed by atoms with van der Waals surface area (Å²) in [5.74, 6) is 0.307. The highest BCUT2D eigenvalue weighted by molar-refractivity contribution is 6.71. The summed E-state index contributed by atoms with van der Waals surface area (Å²) in [5.41, 5.74) is 6.63. The summed E-state index contributed by atoms with van der Waals surface area (Å²) >= 11 is -0.635. The second-order valence-corrected chi connectivity index (χ2v) is 10.9. The van der Waals surface area contributed by atoms with Gasteiger partial charge in [-0.15, -0.1) is 0 Å². The van der Waals surface area contributed by atoms with Crippen molar-refractivity contribution in [3.8, 4) is 16.9 Å². The van der Waals surface area contributed by atoms with Gasteiger partial charge in [0.1, 0.15) is 5.75 Å². The summed E-state index contributed by atoms with van der Waals surface area (Å²) in [6.45, 7) is 4.11. The topological polar surface area (TPSA) is 46.0 Å². The van der Waals surface area contributed by atoms with Crippen LogP contribution in [-0.2, 0) is 0 Å². The molecule has 0 aliphatic rings. The van der Waals surface area contributed by atoms with Gasteiger partial charge in [-0.3, -0.25) is 9.97 Å². The number of phenols is 1. The summed E-state index contributed by atoms with van der Waals surface area (Å²) in [5, 5.41) is 11.7. The summed E-state index contributed by atoms with van der Waals surface area (Å²) in [6.07, 6.45) is 0. The lowest BCUT2D eigenvalue weighted by Crippen LogP contribution is -2.29. The molecule has 0 atom stereocenters. The molecule has 6 aromatic rings. The highest BCUT2D eigenvalue weighted by Crippen LogP contribution is 2.22. The molecular formula is C32H27AlN2O. The molecule has 4 heteroatoms. The maximum atomic E-state index is 9.27. The Morgan fingerprint density at radius 1 is 0.528 bits per heavy atom. The van der Waals surface area contributed by atoms with Crippen LogP contribution in [0.2, 0.25) is 0 Å². The number of aromatic hydroxyl groups is 1. The Labute approximate surface area is 217 Å². The van der Waals surface area contributed by atoms with Crippen molar-refractivity contribution in [2.45, 2.75) is 13.8 Å². The Balaban J connectivity index is 0.000000174. The van der Waals surface area contributed by atoms with E-state index in [4.69, 9.17) is 9.97 Å². The average molecular weight is 483 g/mol. The third-order valence-corrected chi connectivity index (χ3v) is 8.12. The lowest BCUT2D eigenvalue weighted by molar-refractivity contribution is 0.475. The maximum absolute atomic E-state index is 9.27. The minimum atomic E-state index is -0.635. The number of rotatable bonds is 3. The summed E-state index contributed by atoms with van der Waals surface area (Å²) < 4.78 is 2.78. The lowest BCUT2D eigenvalue weighted by atomic mass is 10.1. The van der Waals surface area contributed by atoms with Crippen molar-refractivity contribution in [3.05, 3.63) is 127 Å². The van der Waals surface area contributed by atoms with Crippen LogP contribution < -0.4 is 8.85 Å². The van der Waals surface area contributed by atoms with Gasteiger partial charge >= 0.3 is 15.2 Å². The standard InChI is InChI=1S/C12H10O.2C10H8N.Al.H/c13-12-8-4-7-11(9-12)10-5-2-1-3-6-10;2*1-8-6-7-9-4-2-3-5-10(9)11-8;;/h1-9,13H;2*2-4,6-7H,1H3;;. The zero-order valence-electron chi connectivity index (χ0n) is 20.5. The number of hydrogen-bond acceptors (Lipinski definition) is 3. The van der Waals surface area contributed by atoms with E-state index in [0.29, 0.717) is 5.75 Å². The van der Waals surface area contributed by atoms with E-state index in [-0.39, 0.29) is 0 Å². The molecule has 36 heavy (non-hydrogen) atoms. The quantitative estimate of drug-likeness (QED) is 0.322. The first kappa shape index (κ1) is 23.8. The van der Waals surface area contributed by atoms with E-state index in [1.165, 1.54) is 19.6 Å². The van der Waals surface area contributed by atoms with Crippen LogP contribution in [-0.4, -0.2) is 30.3 Å². The summed E-state index contributed by atoms with van der Waals surface area (Å²) in [6, 6.07) is 38.8. The maximum Gasteiger partial charge on any atom is 0.330 e. The van der Waals surface area contributed by atoms with E-state index in [2.05, 4.69) is 74.5 Å². The molecule has 2 heterocycles. The summed E-state index contributed by atoms with van der Waals surface area (Å²) in [4.78, 5) is 9.57. The van der Waals surface area contributed by atoms with Crippen molar-refractivity contribution >= 4 is 45.9 Å². The van der Waals surface area contributed by atoms with Crippen molar-refractivity contribution in [1.82, 2.24) is 9.97 Å². The number of benzene rings is 4. The van der Waals surface area contributed by atoms with Crippen LogP contribution in [0.15, 0.2) is 115 Å². The molecule has 0 unspecified atom stereocenters. The number of para-hydroxylation sites is 2. The van der Waals surface area contributed by atoms with Gasteiger partial charge in [-0.2, -0.15) is 0 Å². The first-order valence-corrected chi connectivity index (χ1v) is 13.5. The summed E-state index contributed by atoms with van der Waals surface area (Å²) in [7, 11) is 0. The lowest BCUT2D eigenvalue weighted by Gasteiger charge is -2.08. The van der Waals surface area contributed by atoms with E-state index in [1.807, 2.05) is 42.5 Å². The Morgan fingerprint density at radius 2 is 1.06 bits per heavy atom. The number of phenolic OH excluding ortho intramolecular Hbond substituents is 1. The Kier molecular flexibility index (Phi) is 7.09. The largest absolute Gasteiger partial charge is 0.508 e. The van der Waals surface area contributed by atoms with Gasteiger partial charge in [-0.25, -0.2) is 0 Å². The number of aryl methyl sites for hydroxylation is 2. The molecule has 0 radical (unpaired) electrons. The minimum Gasteiger partial charge on any atom is -0.508 e. The molecular weight excluding hydrogens is 455 g/mol. The molecule has 1 N–H and O–H groups in total. The molecule has 0 aliphatic carbocycles. The fourth-order valence-electron chi connectivity index (χ4n) is 4.42. The Bertz CT molecular complexity index is 1560. The molecule has 3 nitrogen and oxygen atoms in total. The fraction of sp³-hybridized carbons (Fsp3) is 0.0625. The van der Waals surface area contributed by atoms with Gasteiger partial charge < -0.3 is 5.11 Å². The van der Waals surface area contributed by atoms with Crippen LogP contribution in [0.5, 0.6) is 5.75 Å². The molecule has 0 bridgehead atoms. The highest BCUT2D eigenvalue weighted by Gasteiger charge is 2.11. The van der Waals surface area contributed by atoms with Crippen molar-refractivity contribution in [1.29, 1.82) is 0 Å². The number of nitrogens with zero attached hydrogens (tertiary/aromatic N) is 2. The van der Waals surface area contributed by atoms with E-state index >= 15 is 0 Å². The third-order valence-electron chi connectivity index (χ3n) is 6.22. The van der Waals surface area contributed by atoms with Crippen LogP contribution in [0.25, 0.3) is 32.9 Å². The molecule has 6 rings (SSSR count). The highest BCUT2D eigenvalue weighted by atomic mass is 27.1. The van der Waals surface area contributed by atoms with Crippen molar-refractivity contribution < 1.29 is 5.11 Å². The molecule has 174 valence electrons. The number of fused-ring (bicyclic) bond motifs is 2. The van der Waals surface area contributed by atoms with Gasteiger partial charge in [0.25, 0.3) is 0 Å². The van der Waals surface area contributed by atoms with Crippen LogP contribution in [0.1, 0.15) is 11.4 Å². The van der Waals surface area contributed by atoms with Gasteiger partial charge in [-0.1, -0.05) is 99.8 Å². The van der Waals surface area contributed by atoms with Crippen molar-refractivity contribution in [3.63, 3.8) is 0 Å². The van der Waals surface area contributed by atoms with E-state index in [9.17, 15) is 5.11 Å². The number of aromatic nitrogens is 2. The van der Waals surface area contributed by atoms with Gasteiger partial charge in [0.05, 0.1) is 11.0 Å². The van der Waals surface area contributed by atoms with Crippen LogP contribution in [0.3, 0.4) is 0 Å². The van der Waals surface area contributed by atoms with Gasteiger partial charge in [0, 0.05) is 11.4 Å². The normalized spacial score (nSPS) is 10.6. The monoisotopic (exact) mass is 482 g/mol. The third kappa shape index (κ3) is 5.47. The predicted octanol–water partition coefficient (Wildman–Crippen LogP) is 5.85.